The largest absolute Gasteiger partial charge is 0.312 e. The van der Waals surface area contributed by atoms with Crippen molar-refractivity contribution < 1.29 is 0 Å². The monoisotopic (exact) mass is 171 g/mol. The van der Waals surface area contributed by atoms with Crippen molar-refractivity contribution in [1.82, 2.24) is 5.32 Å². The third-order valence-corrected chi connectivity index (χ3v) is 0.667. The van der Waals surface area contributed by atoms with Crippen LogP contribution in [0, 0.1) is 0 Å². The first-order valence-corrected chi connectivity index (χ1v) is 2.89. The lowest BCUT2D eigenvalue weighted by Gasteiger charge is -2.10. The standard InChI is InChI=1S/C6H15N.ClH.H3P/c1-5(2)7-6(3)4;;/h5-7H,1-4H3;1H;1H3. The van der Waals surface area contributed by atoms with E-state index >= 15 is 0 Å². The quantitative estimate of drug-likeness (QED) is 0.626. The fraction of sp³-hybridized carbons (Fsp3) is 1.00. The number of rotatable bonds is 2. The van der Waals surface area contributed by atoms with Crippen LogP contribution in [0.1, 0.15) is 27.7 Å². The van der Waals surface area contributed by atoms with E-state index < -0.39 is 0 Å². The summed E-state index contributed by atoms with van der Waals surface area (Å²) in [7, 11) is 0. The van der Waals surface area contributed by atoms with Gasteiger partial charge in [0.15, 0.2) is 0 Å². The average Bonchev–Trinajstić information content (AvgIpc) is 1.27. The lowest BCUT2D eigenvalue weighted by molar-refractivity contribution is 0.518. The first kappa shape index (κ1) is 16.3. The molecule has 0 aromatic carbocycles. The van der Waals surface area contributed by atoms with Crippen LogP contribution in [0.5, 0.6) is 0 Å². The molecule has 60 valence electrons. The lowest BCUT2D eigenvalue weighted by atomic mass is 10.3. The molecule has 0 rings (SSSR count). The molecule has 0 aromatic heterocycles. The molecule has 0 amide bonds. The molecule has 0 saturated heterocycles. The lowest BCUT2D eigenvalue weighted by Crippen LogP contribution is -2.29. The van der Waals surface area contributed by atoms with Gasteiger partial charge >= 0.3 is 0 Å². The molecule has 1 N–H and O–H groups in total. The van der Waals surface area contributed by atoms with Crippen LogP contribution in [0.3, 0.4) is 0 Å². The van der Waals surface area contributed by atoms with E-state index in [1.165, 1.54) is 0 Å². The number of nitrogens with one attached hydrogen (secondary N) is 1. The average molecular weight is 172 g/mol. The van der Waals surface area contributed by atoms with E-state index in [0.29, 0.717) is 12.1 Å². The van der Waals surface area contributed by atoms with Gasteiger partial charge in [0, 0.05) is 12.1 Å². The van der Waals surface area contributed by atoms with E-state index in [2.05, 4.69) is 33.0 Å². The van der Waals surface area contributed by atoms with Gasteiger partial charge in [0.1, 0.15) is 0 Å². The predicted molar refractivity (Wildman–Crippen MR) is 51.8 cm³/mol. The van der Waals surface area contributed by atoms with E-state index in [0.717, 1.165) is 0 Å². The molecule has 1 unspecified atom stereocenters. The third kappa shape index (κ3) is 17.7. The number of hydrogen-bond donors (Lipinski definition) is 1. The van der Waals surface area contributed by atoms with Crippen LogP contribution >= 0.6 is 22.3 Å². The summed E-state index contributed by atoms with van der Waals surface area (Å²) in [5, 5.41) is 3.31. The van der Waals surface area contributed by atoms with Crippen LogP contribution in [0.2, 0.25) is 0 Å². The second-order valence-corrected chi connectivity index (χ2v) is 2.48. The van der Waals surface area contributed by atoms with E-state index in [1.54, 1.807) is 0 Å². The maximum absolute atomic E-state index is 3.31. The number of halogens is 1. The molecule has 0 aliphatic carbocycles. The van der Waals surface area contributed by atoms with Crippen molar-refractivity contribution in [1.29, 1.82) is 0 Å². The van der Waals surface area contributed by atoms with Crippen LogP contribution in [-0.2, 0) is 0 Å². The summed E-state index contributed by atoms with van der Waals surface area (Å²) in [4.78, 5) is 0. The zero-order chi connectivity index (χ0) is 5.86. The van der Waals surface area contributed by atoms with E-state index in [4.69, 9.17) is 0 Å². The Morgan fingerprint density at radius 1 is 0.889 bits per heavy atom. The Morgan fingerprint density at radius 3 is 1.11 bits per heavy atom. The van der Waals surface area contributed by atoms with Gasteiger partial charge in [-0.2, -0.15) is 9.90 Å². The Morgan fingerprint density at radius 2 is 1.11 bits per heavy atom. The highest BCUT2D eigenvalue weighted by molar-refractivity contribution is 6.92. The summed E-state index contributed by atoms with van der Waals surface area (Å²) in [5.41, 5.74) is 0. The van der Waals surface area contributed by atoms with Crippen LogP contribution in [0.25, 0.3) is 0 Å². The number of hydrogen-bond acceptors (Lipinski definition) is 1. The molecular formula is C6H19ClNP. The topological polar surface area (TPSA) is 12.0 Å². The smallest absolute Gasteiger partial charge is 0.00127 e. The van der Waals surface area contributed by atoms with Gasteiger partial charge in [-0.1, -0.05) is 27.7 Å². The van der Waals surface area contributed by atoms with Gasteiger partial charge in [-0.05, 0) is 0 Å². The molecule has 0 fully saturated rings. The van der Waals surface area contributed by atoms with Crippen LogP contribution < -0.4 is 5.32 Å². The first-order chi connectivity index (χ1) is 3.13. The molecule has 0 aliphatic rings. The van der Waals surface area contributed by atoms with E-state index in [1.807, 2.05) is 0 Å². The SMILES string of the molecule is CC(C)NC(C)C.Cl.P. The van der Waals surface area contributed by atoms with Crippen molar-refractivity contribution in [2.75, 3.05) is 0 Å². The fourth-order valence-corrected chi connectivity index (χ4v) is 0.667. The molecule has 3 heteroatoms. The minimum absolute atomic E-state index is 0. The van der Waals surface area contributed by atoms with Gasteiger partial charge in [0.05, 0.1) is 0 Å². The predicted octanol–water partition coefficient (Wildman–Crippen LogP) is 1.87. The molecule has 0 heterocycles. The summed E-state index contributed by atoms with van der Waals surface area (Å²) in [6.07, 6.45) is 0. The minimum Gasteiger partial charge on any atom is -0.312 e. The highest BCUT2D eigenvalue weighted by atomic mass is 35.5. The van der Waals surface area contributed by atoms with Crippen LogP contribution in [0.15, 0.2) is 0 Å². The molecule has 1 atom stereocenters. The van der Waals surface area contributed by atoms with Crippen molar-refractivity contribution >= 4 is 22.3 Å². The molecular weight excluding hydrogens is 152 g/mol. The maximum Gasteiger partial charge on any atom is 0.00127 e. The maximum atomic E-state index is 3.31. The minimum atomic E-state index is 0. The zero-order valence-corrected chi connectivity index (χ0v) is 9.00. The first-order valence-electron chi connectivity index (χ1n) is 2.89. The Hall–Kier alpha value is 0.680. The van der Waals surface area contributed by atoms with E-state index in [-0.39, 0.29) is 22.3 Å². The molecule has 0 radical (unpaired) electrons. The van der Waals surface area contributed by atoms with Crippen molar-refractivity contribution in [3.63, 3.8) is 0 Å². The van der Waals surface area contributed by atoms with Crippen molar-refractivity contribution in [3.05, 3.63) is 0 Å². The highest BCUT2D eigenvalue weighted by Gasteiger charge is 1.92. The third-order valence-electron chi connectivity index (χ3n) is 0.667. The second-order valence-electron chi connectivity index (χ2n) is 2.48. The summed E-state index contributed by atoms with van der Waals surface area (Å²) < 4.78 is 0. The van der Waals surface area contributed by atoms with Gasteiger partial charge in [-0.3, -0.25) is 0 Å². The molecule has 0 aliphatic heterocycles. The Bertz CT molecular complexity index is 42.3. The molecule has 1 nitrogen and oxygen atoms in total. The van der Waals surface area contributed by atoms with E-state index in [9.17, 15) is 0 Å². The summed E-state index contributed by atoms with van der Waals surface area (Å²) >= 11 is 0. The van der Waals surface area contributed by atoms with Gasteiger partial charge in [-0.25, -0.2) is 0 Å². The summed E-state index contributed by atoms with van der Waals surface area (Å²) in [5.74, 6) is 0. The molecule has 0 spiro atoms. The fourth-order valence-electron chi connectivity index (χ4n) is 0.667. The molecule has 9 heavy (non-hydrogen) atoms. The zero-order valence-electron chi connectivity index (χ0n) is 6.77. The van der Waals surface area contributed by atoms with Gasteiger partial charge < -0.3 is 5.32 Å². The summed E-state index contributed by atoms with van der Waals surface area (Å²) in [6, 6.07) is 1.25. The second kappa shape index (κ2) is 8.68. The van der Waals surface area contributed by atoms with Gasteiger partial charge in [-0.15, -0.1) is 12.4 Å². The van der Waals surface area contributed by atoms with Crippen LogP contribution in [0.4, 0.5) is 0 Å². The molecule has 0 saturated carbocycles. The van der Waals surface area contributed by atoms with Crippen molar-refractivity contribution in [2.24, 2.45) is 0 Å². The van der Waals surface area contributed by atoms with Crippen molar-refractivity contribution in [3.8, 4) is 0 Å². The highest BCUT2D eigenvalue weighted by Crippen LogP contribution is 1.80. The van der Waals surface area contributed by atoms with Crippen LogP contribution in [-0.4, -0.2) is 12.1 Å². The molecule has 0 bridgehead atoms. The Kier molecular flexibility index (Phi) is 15.8. The molecule has 0 aromatic rings. The Labute approximate surface area is 68.0 Å². The van der Waals surface area contributed by atoms with Gasteiger partial charge in [0.25, 0.3) is 0 Å². The van der Waals surface area contributed by atoms with Crippen molar-refractivity contribution in [2.45, 2.75) is 39.8 Å². The normalized spacial score (nSPS) is 8.67. The van der Waals surface area contributed by atoms with Gasteiger partial charge in [0.2, 0.25) is 0 Å². The summed E-state index contributed by atoms with van der Waals surface area (Å²) in [6.45, 7) is 8.61. The Balaban J connectivity index is -0.000000180.